The summed E-state index contributed by atoms with van der Waals surface area (Å²) in [5.74, 6) is -0.380. The molecule has 0 saturated carbocycles. The maximum Gasteiger partial charge on any atom is 0.387 e. The number of anilines is 1. The molecule has 130 valence electrons. The number of benzene rings is 1. The van der Waals surface area contributed by atoms with Gasteiger partial charge in [0.1, 0.15) is 5.75 Å². The second kappa shape index (κ2) is 7.94. The van der Waals surface area contributed by atoms with E-state index in [2.05, 4.69) is 31.1 Å². The Hall–Kier alpha value is -1.67. The van der Waals surface area contributed by atoms with E-state index in [9.17, 15) is 13.6 Å². The Kier molecular flexibility index (Phi) is 6.17. The number of nitrogens with one attached hydrogen (secondary N) is 1. The summed E-state index contributed by atoms with van der Waals surface area (Å²) in [5, 5.41) is 6.97. The van der Waals surface area contributed by atoms with Gasteiger partial charge in [-0.3, -0.25) is 9.48 Å². The first-order valence-electron chi connectivity index (χ1n) is 7.01. The third kappa shape index (κ3) is 4.67. The van der Waals surface area contributed by atoms with Crippen molar-refractivity contribution < 1.29 is 18.3 Å². The first-order chi connectivity index (χ1) is 11.3. The Morgan fingerprint density at radius 1 is 1.46 bits per heavy atom. The topological polar surface area (TPSA) is 56.2 Å². The van der Waals surface area contributed by atoms with E-state index in [0.29, 0.717) is 12.2 Å². The number of alkyl halides is 2. The van der Waals surface area contributed by atoms with Crippen LogP contribution in [0.15, 0.2) is 22.7 Å². The summed E-state index contributed by atoms with van der Waals surface area (Å²) in [6.07, 6.45) is 0.210. The number of amides is 1. The van der Waals surface area contributed by atoms with Gasteiger partial charge in [0.2, 0.25) is 5.91 Å². The van der Waals surface area contributed by atoms with E-state index in [1.165, 1.54) is 18.2 Å². The van der Waals surface area contributed by atoms with Crippen molar-refractivity contribution in [2.24, 2.45) is 0 Å². The second-order valence-electron chi connectivity index (χ2n) is 5.03. The molecule has 0 radical (unpaired) electrons. The smallest absolute Gasteiger partial charge is 0.387 e. The zero-order chi connectivity index (χ0) is 17.9. The molecule has 1 N–H and O–H groups in total. The monoisotopic (exact) mass is 421 g/mol. The molecule has 0 saturated heterocycles. The molecule has 24 heavy (non-hydrogen) atoms. The first-order valence-corrected chi connectivity index (χ1v) is 8.18. The van der Waals surface area contributed by atoms with Crippen LogP contribution in [0.2, 0.25) is 5.02 Å². The average molecular weight is 423 g/mol. The standard InChI is InChI=1S/C15H15BrClF2N3O2/c1-8-14(16)9(2)22(21-8)6-5-13(23)20-10-3-4-12(11(17)7-10)24-15(18)19/h3-4,7,15H,5-6H2,1-2H3,(H,20,23). The Bertz CT molecular complexity index is 753. The molecular weight excluding hydrogens is 408 g/mol. The van der Waals surface area contributed by atoms with Crippen LogP contribution in [0.3, 0.4) is 0 Å². The van der Waals surface area contributed by atoms with Crippen molar-refractivity contribution >= 4 is 39.1 Å². The maximum atomic E-state index is 12.2. The largest absolute Gasteiger partial charge is 0.433 e. The van der Waals surface area contributed by atoms with Gasteiger partial charge < -0.3 is 10.1 Å². The third-order valence-corrected chi connectivity index (χ3v) is 4.72. The number of ether oxygens (including phenoxy) is 1. The normalized spacial score (nSPS) is 11.0. The summed E-state index contributed by atoms with van der Waals surface area (Å²) in [5.41, 5.74) is 2.20. The molecule has 1 amide bonds. The molecule has 0 unspecified atom stereocenters. The zero-order valence-corrected chi connectivity index (χ0v) is 15.3. The van der Waals surface area contributed by atoms with Crippen molar-refractivity contribution in [1.29, 1.82) is 0 Å². The van der Waals surface area contributed by atoms with Gasteiger partial charge in [0.25, 0.3) is 0 Å². The minimum Gasteiger partial charge on any atom is -0.433 e. The predicted octanol–water partition coefficient (Wildman–Crippen LogP) is 4.55. The number of carbonyl (C=O) groups is 1. The number of aryl methyl sites for hydroxylation is 2. The lowest BCUT2D eigenvalue weighted by Gasteiger charge is -2.10. The minimum absolute atomic E-state index is 0.00410. The lowest BCUT2D eigenvalue weighted by molar-refractivity contribution is -0.116. The lowest BCUT2D eigenvalue weighted by Crippen LogP contribution is -2.15. The van der Waals surface area contributed by atoms with Gasteiger partial charge in [0.05, 0.1) is 21.7 Å². The van der Waals surface area contributed by atoms with Crippen molar-refractivity contribution in [3.8, 4) is 5.75 Å². The molecule has 1 aromatic carbocycles. The Labute approximate surface area is 151 Å². The molecule has 0 spiro atoms. The molecule has 1 heterocycles. The first kappa shape index (κ1) is 18.7. The molecule has 0 atom stereocenters. The number of halogens is 4. The van der Waals surface area contributed by atoms with Gasteiger partial charge in [0, 0.05) is 17.8 Å². The van der Waals surface area contributed by atoms with Crippen molar-refractivity contribution in [3.05, 3.63) is 39.1 Å². The highest BCUT2D eigenvalue weighted by Gasteiger charge is 2.12. The maximum absolute atomic E-state index is 12.2. The van der Waals surface area contributed by atoms with Crippen LogP contribution in [-0.2, 0) is 11.3 Å². The highest BCUT2D eigenvalue weighted by molar-refractivity contribution is 9.10. The molecule has 0 fully saturated rings. The number of aromatic nitrogens is 2. The summed E-state index contributed by atoms with van der Waals surface area (Å²) in [6.45, 7) is 1.25. The Balaban J connectivity index is 1.94. The Morgan fingerprint density at radius 3 is 2.71 bits per heavy atom. The van der Waals surface area contributed by atoms with Gasteiger partial charge in [0.15, 0.2) is 0 Å². The van der Waals surface area contributed by atoms with Crippen molar-refractivity contribution in [1.82, 2.24) is 9.78 Å². The molecular formula is C15H15BrClF2N3O2. The van der Waals surface area contributed by atoms with Crippen molar-refractivity contribution in [3.63, 3.8) is 0 Å². The highest BCUT2D eigenvalue weighted by atomic mass is 79.9. The summed E-state index contributed by atoms with van der Waals surface area (Å²) in [4.78, 5) is 12.0. The van der Waals surface area contributed by atoms with Crippen LogP contribution in [0.1, 0.15) is 17.8 Å². The summed E-state index contributed by atoms with van der Waals surface area (Å²) in [6, 6.07) is 4.08. The molecule has 1 aromatic heterocycles. The fourth-order valence-electron chi connectivity index (χ4n) is 2.09. The summed E-state index contributed by atoms with van der Waals surface area (Å²) >= 11 is 9.27. The molecule has 5 nitrogen and oxygen atoms in total. The van der Waals surface area contributed by atoms with E-state index in [0.717, 1.165) is 15.9 Å². The van der Waals surface area contributed by atoms with E-state index in [4.69, 9.17) is 11.6 Å². The molecule has 0 bridgehead atoms. The van der Waals surface area contributed by atoms with E-state index < -0.39 is 6.61 Å². The van der Waals surface area contributed by atoms with Gasteiger partial charge >= 0.3 is 6.61 Å². The van der Waals surface area contributed by atoms with Crippen LogP contribution in [0.4, 0.5) is 14.5 Å². The number of nitrogens with zero attached hydrogens (tertiary/aromatic N) is 2. The van der Waals surface area contributed by atoms with Crippen LogP contribution in [-0.4, -0.2) is 22.3 Å². The molecule has 2 rings (SSSR count). The molecule has 0 aliphatic rings. The van der Waals surface area contributed by atoms with Crippen molar-refractivity contribution in [2.75, 3.05) is 5.32 Å². The zero-order valence-electron chi connectivity index (χ0n) is 12.9. The van der Waals surface area contributed by atoms with Crippen molar-refractivity contribution in [2.45, 2.75) is 33.4 Å². The molecule has 0 aliphatic heterocycles. The van der Waals surface area contributed by atoms with Gasteiger partial charge in [-0.25, -0.2) is 0 Å². The van der Waals surface area contributed by atoms with Crippen LogP contribution >= 0.6 is 27.5 Å². The molecule has 2 aromatic rings. The predicted molar refractivity (Wildman–Crippen MR) is 90.7 cm³/mol. The molecule has 9 heteroatoms. The van der Waals surface area contributed by atoms with E-state index in [-0.39, 0.29) is 23.1 Å². The van der Waals surface area contributed by atoms with E-state index >= 15 is 0 Å². The SMILES string of the molecule is Cc1nn(CCC(=O)Nc2ccc(OC(F)F)c(Cl)c2)c(C)c1Br. The van der Waals surface area contributed by atoms with E-state index in [1.807, 2.05) is 13.8 Å². The van der Waals surface area contributed by atoms with Gasteiger partial charge in [-0.05, 0) is 48.0 Å². The number of hydrogen-bond acceptors (Lipinski definition) is 3. The number of carbonyl (C=O) groups excluding carboxylic acids is 1. The highest BCUT2D eigenvalue weighted by Crippen LogP contribution is 2.29. The van der Waals surface area contributed by atoms with Gasteiger partial charge in [-0.1, -0.05) is 11.6 Å². The average Bonchev–Trinajstić information content (AvgIpc) is 2.75. The molecule has 0 aliphatic carbocycles. The third-order valence-electron chi connectivity index (χ3n) is 3.28. The van der Waals surface area contributed by atoms with Crippen LogP contribution in [0.25, 0.3) is 0 Å². The fraction of sp³-hybridized carbons (Fsp3) is 0.333. The Morgan fingerprint density at radius 2 is 2.17 bits per heavy atom. The van der Waals surface area contributed by atoms with Crippen LogP contribution in [0, 0.1) is 13.8 Å². The fourth-order valence-corrected chi connectivity index (χ4v) is 2.60. The summed E-state index contributed by atoms with van der Waals surface area (Å²) in [7, 11) is 0. The summed E-state index contributed by atoms with van der Waals surface area (Å²) < 4.78 is 31.3. The van der Waals surface area contributed by atoms with Gasteiger partial charge in [-0.15, -0.1) is 0 Å². The van der Waals surface area contributed by atoms with Crippen LogP contribution in [0.5, 0.6) is 5.75 Å². The lowest BCUT2D eigenvalue weighted by atomic mass is 10.3. The van der Waals surface area contributed by atoms with Gasteiger partial charge in [-0.2, -0.15) is 13.9 Å². The van der Waals surface area contributed by atoms with Crippen LogP contribution < -0.4 is 10.1 Å². The second-order valence-corrected chi connectivity index (χ2v) is 6.23. The number of rotatable bonds is 6. The number of hydrogen-bond donors (Lipinski definition) is 1. The minimum atomic E-state index is -2.96. The van der Waals surface area contributed by atoms with E-state index in [1.54, 1.807) is 4.68 Å². The quantitative estimate of drug-likeness (QED) is 0.743.